The SMILES string of the molecule is CCCNC(C1=CCCCC1)C1CCCc2sccc21. The molecule has 0 amide bonds. The predicted octanol–water partition coefficient (Wildman–Crippen LogP) is 5.04. The Morgan fingerprint density at radius 2 is 2.25 bits per heavy atom. The van der Waals surface area contributed by atoms with Gasteiger partial charge in [0.15, 0.2) is 0 Å². The zero-order valence-electron chi connectivity index (χ0n) is 12.7. The summed E-state index contributed by atoms with van der Waals surface area (Å²) in [5.41, 5.74) is 3.36. The van der Waals surface area contributed by atoms with E-state index in [1.807, 2.05) is 11.3 Å². The monoisotopic (exact) mass is 289 g/mol. The number of aryl methyl sites for hydroxylation is 1. The highest BCUT2D eigenvalue weighted by atomic mass is 32.1. The molecule has 0 radical (unpaired) electrons. The summed E-state index contributed by atoms with van der Waals surface area (Å²) < 4.78 is 0. The molecule has 0 spiro atoms. The summed E-state index contributed by atoms with van der Waals surface area (Å²) >= 11 is 1.97. The first kappa shape index (κ1) is 14.3. The van der Waals surface area contributed by atoms with E-state index in [1.165, 1.54) is 51.4 Å². The first-order valence-corrected chi connectivity index (χ1v) is 9.26. The standard InChI is InChI=1S/C18H27NS/c1-2-12-19-18(14-7-4-3-5-8-14)16-9-6-10-17-15(16)11-13-20-17/h7,11,13,16,18-19H,2-6,8-10,12H2,1H3. The normalized spacial score (nSPS) is 24.1. The Balaban J connectivity index is 1.84. The summed E-state index contributed by atoms with van der Waals surface area (Å²) in [7, 11) is 0. The Kier molecular flexibility index (Phi) is 4.95. The summed E-state index contributed by atoms with van der Waals surface area (Å²) in [4.78, 5) is 1.65. The van der Waals surface area contributed by atoms with E-state index in [-0.39, 0.29) is 0 Å². The molecule has 2 aliphatic carbocycles. The van der Waals surface area contributed by atoms with Crippen LogP contribution in [0.25, 0.3) is 0 Å². The maximum Gasteiger partial charge on any atom is 0.0348 e. The topological polar surface area (TPSA) is 12.0 Å². The maximum atomic E-state index is 3.88. The van der Waals surface area contributed by atoms with E-state index in [9.17, 15) is 0 Å². The minimum Gasteiger partial charge on any atom is -0.310 e. The lowest BCUT2D eigenvalue weighted by Crippen LogP contribution is -2.38. The second kappa shape index (κ2) is 6.91. The van der Waals surface area contributed by atoms with Crippen molar-refractivity contribution >= 4 is 11.3 Å². The number of allylic oxidation sites excluding steroid dienone is 1. The van der Waals surface area contributed by atoms with E-state index in [0.29, 0.717) is 6.04 Å². The van der Waals surface area contributed by atoms with Gasteiger partial charge in [-0.3, -0.25) is 0 Å². The van der Waals surface area contributed by atoms with Gasteiger partial charge in [-0.1, -0.05) is 18.6 Å². The summed E-state index contributed by atoms with van der Waals surface area (Å²) in [5, 5.41) is 6.18. The number of hydrogen-bond acceptors (Lipinski definition) is 2. The summed E-state index contributed by atoms with van der Waals surface area (Å²) in [6, 6.07) is 3.00. The largest absolute Gasteiger partial charge is 0.310 e. The van der Waals surface area contributed by atoms with Gasteiger partial charge in [-0.25, -0.2) is 0 Å². The second-order valence-corrected chi connectivity index (χ2v) is 7.26. The van der Waals surface area contributed by atoms with Gasteiger partial charge in [-0.2, -0.15) is 0 Å². The lowest BCUT2D eigenvalue weighted by molar-refractivity contribution is 0.417. The molecule has 0 bridgehead atoms. The molecular formula is C18H27NS. The van der Waals surface area contributed by atoms with Crippen LogP contribution in [0, 0.1) is 0 Å². The van der Waals surface area contributed by atoms with E-state index in [1.54, 1.807) is 16.0 Å². The number of hydrogen-bond donors (Lipinski definition) is 1. The maximum absolute atomic E-state index is 3.88. The number of fused-ring (bicyclic) bond motifs is 1. The van der Waals surface area contributed by atoms with Gasteiger partial charge >= 0.3 is 0 Å². The van der Waals surface area contributed by atoms with Crippen molar-refractivity contribution in [2.45, 2.75) is 70.3 Å². The molecule has 1 N–H and O–H groups in total. The van der Waals surface area contributed by atoms with Gasteiger partial charge in [0.2, 0.25) is 0 Å². The van der Waals surface area contributed by atoms with Gasteiger partial charge in [-0.05, 0) is 74.9 Å². The van der Waals surface area contributed by atoms with Gasteiger partial charge in [0, 0.05) is 16.8 Å². The van der Waals surface area contributed by atoms with Crippen LogP contribution in [0.2, 0.25) is 0 Å². The van der Waals surface area contributed by atoms with E-state index in [2.05, 4.69) is 29.8 Å². The van der Waals surface area contributed by atoms with Gasteiger partial charge < -0.3 is 5.32 Å². The zero-order valence-corrected chi connectivity index (χ0v) is 13.5. The molecule has 110 valence electrons. The van der Waals surface area contributed by atoms with E-state index >= 15 is 0 Å². The lowest BCUT2D eigenvalue weighted by Gasteiger charge is -2.34. The Bertz CT molecular complexity index is 460. The van der Waals surface area contributed by atoms with Crippen molar-refractivity contribution in [1.82, 2.24) is 5.32 Å². The smallest absolute Gasteiger partial charge is 0.0348 e. The molecule has 20 heavy (non-hydrogen) atoms. The third-order valence-corrected chi connectivity index (χ3v) is 5.84. The fourth-order valence-electron chi connectivity index (χ4n) is 3.85. The zero-order chi connectivity index (χ0) is 13.8. The Labute approximate surface area is 127 Å². The van der Waals surface area contributed by atoms with E-state index in [4.69, 9.17) is 0 Å². The quantitative estimate of drug-likeness (QED) is 0.749. The van der Waals surface area contributed by atoms with Crippen LogP contribution in [0.1, 0.15) is 68.2 Å². The van der Waals surface area contributed by atoms with Crippen LogP contribution in [0.3, 0.4) is 0 Å². The van der Waals surface area contributed by atoms with Crippen LogP contribution < -0.4 is 5.32 Å². The van der Waals surface area contributed by atoms with Crippen LogP contribution in [0.5, 0.6) is 0 Å². The van der Waals surface area contributed by atoms with Crippen LogP contribution in [-0.2, 0) is 6.42 Å². The van der Waals surface area contributed by atoms with Crippen LogP contribution in [-0.4, -0.2) is 12.6 Å². The average molecular weight is 289 g/mol. The van der Waals surface area contributed by atoms with Crippen molar-refractivity contribution < 1.29 is 0 Å². The molecular weight excluding hydrogens is 262 g/mol. The minimum absolute atomic E-state index is 0.601. The third-order valence-electron chi connectivity index (χ3n) is 4.84. The molecule has 0 aliphatic heterocycles. The van der Waals surface area contributed by atoms with Crippen molar-refractivity contribution in [3.63, 3.8) is 0 Å². The fraction of sp³-hybridized carbons (Fsp3) is 0.667. The minimum atomic E-state index is 0.601. The summed E-state index contributed by atoms with van der Waals surface area (Å²) in [6.45, 7) is 3.42. The Morgan fingerprint density at radius 1 is 1.30 bits per heavy atom. The average Bonchev–Trinajstić information content (AvgIpc) is 2.98. The molecule has 0 saturated carbocycles. The molecule has 0 saturated heterocycles. The molecule has 1 aromatic rings. The molecule has 2 heteroatoms. The predicted molar refractivity (Wildman–Crippen MR) is 88.6 cm³/mol. The van der Waals surface area contributed by atoms with E-state index < -0.39 is 0 Å². The molecule has 1 heterocycles. The van der Waals surface area contributed by atoms with Gasteiger partial charge in [0.05, 0.1) is 0 Å². The number of rotatable bonds is 5. The highest BCUT2D eigenvalue weighted by Crippen LogP contribution is 2.40. The first-order valence-electron chi connectivity index (χ1n) is 8.38. The van der Waals surface area contributed by atoms with Gasteiger partial charge in [0.1, 0.15) is 0 Å². The van der Waals surface area contributed by atoms with Crippen LogP contribution >= 0.6 is 11.3 Å². The van der Waals surface area contributed by atoms with Crippen molar-refractivity contribution in [2.75, 3.05) is 6.54 Å². The second-order valence-electron chi connectivity index (χ2n) is 6.25. The van der Waals surface area contributed by atoms with Crippen molar-refractivity contribution in [3.05, 3.63) is 33.5 Å². The lowest BCUT2D eigenvalue weighted by atomic mass is 9.77. The summed E-state index contributed by atoms with van der Waals surface area (Å²) in [6.07, 6.45) is 13.2. The fourth-order valence-corrected chi connectivity index (χ4v) is 4.84. The highest BCUT2D eigenvalue weighted by Gasteiger charge is 2.30. The molecule has 0 fully saturated rings. The molecule has 0 aromatic carbocycles. The Hall–Kier alpha value is -0.600. The number of thiophene rings is 1. The molecule has 1 aromatic heterocycles. The van der Waals surface area contributed by atoms with E-state index in [0.717, 1.165) is 12.5 Å². The number of nitrogens with one attached hydrogen (secondary N) is 1. The molecule has 1 nitrogen and oxygen atoms in total. The van der Waals surface area contributed by atoms with Crippen molar-refractivity contribution in [1.29, 1.82) is 0 Å². The molecule has 2 unspecified atom stereocenters. The van der Waals surface area contributed by atoms with Gasteiger partial charge in [-0.15, -0.1) is 11.3 Å². The van der Waals surface area contributed by atoms with Crippen LogP contribution in [0.4, 0.5) is 0 Å². The van der Waals surface area contributed by atoms with Crippen molar-refractivity contribution in [3.8, 4) is 0 Å². The highest BCUT2D eigenvalue weighted by molar-refractivity contribution is 7.10. The third kappa shape index (κ3) is 3.01. The van der Waals surface area contributed by atoms with Crippen molar-refractivity contribution in [2.24, 2.45) is 0 Å². The van der Waals surface area contributed by atoms with Crippen LogP contribution in [0.15, 0.2) is 23.1 Å². The molecule has 2 atom stereocenters. The van der Waals surface area contributed by atoms with Gasteiger partial charge in [0.25, 0.3) is 0 Å². The summed E-state index contributed by atoms with van der Waals surface area (Å²) in [5.74, 6) is 0.723. The molecule has 3 rings (SSSR count). The Morgan fingerprint density at radius 3 is 3.05 bits per heavy atom. The molecule has 2 aliphatic rings. The first-order chi connectivity index (χ1) is 9.90.